The number of aromatic nitrogens is 1. The van der Waals surface area contributed by atoms with Crippen molar-refractivity contribution in [3.8, 4) is 0 Å². The Labute approximate surface area is 134 Å². The number of methoxy groups -OCH3 is 1. The van der Waals surface area contributed by atoms with Crippen LogP contribution in [0.4, 0.5) is 0 Å². The fourth-order valence-electron chi connectivity index (χ4n) is 2.62. The molecule has 22 heavy (non-hydrogen) atoms. The summed E-state index contributed by atoms with van der Waals surface area (Å²) in [5.41, 5.74) is 2.73. The van der Waals surface area contributed by atoms with Crippen LogP contribution < -0.4 is 0 Å². The minimum Gasteiger partial charge on any atom is -0.465 e. The number of rotatable bonds is 4. The van der Waals surface area contributed by atoms with Gasteiger partial charge in [0.1, 0.15) is 0 Å². The van der Waals surface area contributed by atoms with Crippen LogP contribution in [0.25, 0.3) is 10.9 Å². The van der Waals surface area contributed by atoms with Crippen molar-refractivity contribution in [2.75, 3.05) is 7.11 Å². The van der Waals surface area contributed by atoms with Crippen LogP contribution in [0.1, 0.15) is 15.9 Å². The number of halogens is 1. The zero-order valence-electron chi connectivity index (χ0n) is 12.3. The third-order valence-corrected chi connectivity index (χ3v) is 4.00. The number of nitrogens with zero attached hydrogens (tertiary/aromatic N) is 1. The van der Waals surface area contributed by atoms with E-state index in [0.29, 0.717) is 5.56 Å². The summed E-state index contributed by atoms with van der Waals surface area (Å²) in [5, 5.41) is 1.78. The summed E-state index contributed by atoms with van der Waals surface area (Å²) >= 11 is 5.90. The highest BCUT2D eigenvalue weighted by Crippen LogP contribution is 2.22. The fourth-order valence-corrected chi connectivity index (χ4v) is 2.75. The fraction of sp³-hybridized carbons (Fsp3) is 0.167. The maximum absolute atomic E-state index is 11.9. The second-order valence-electron chi connectivity index (χ2n) is 5.12. The Hall–Kier alpha value is -2.26. The van der Waals surface area contributed by atoms with Crippen LogP contribution in [0.5, 0.6) is 0 Å². The summed E-state index contributed by atoms with van der Waals surface area (Å²) in [6.45, 7) is 0.791. The first-order chi connectivity index (χ1) is 10.7. The van der Waals surface area contributed by atoms with E-state index in [1.165, 1.54) is 12.7 Å². The lowest BCUT2D eigenvalue weighted by Crippen LogP contribution is -2.06. The van der Waals surface area contributed by atoms with Crippen LogP contribution in [0.3, 0.4) is 0 Å². The number of fused-ring (bicyclic) bond motifs is 1. The average Bonchev–Trinajstić information content (AvgIpc) is 2.97. The highest BCUT2D eigenvalue weighted by atomic mass is 35.5. The molecule has 2 aromatic carbocycles. The summed E-state index contributed by atoms with van der Waals surface area (Å²) < 4.78 is 6.97. The smallest absolute Gasteiger partial charge is 0.340 e. The summed E-state index contributed by atoms with van der Waals surface area (Å²) in [4.78, 5) is 11.9. The molecule has 3 nitrogen and oxygen atoms in total. The Balaban J connectivity index is 1.90. The van der Waals surface area contributed by atoms with E-state index in [0.717, 1.165) is 28.9 Å². The van der Waals surface area contributed by atoms with Gasteiger partial charge in [-0.15, -0.1) is 0 Å². The first kappa shape index (κ1) is 14.7. The molecule has 0 amide bonds. The summed E-state index contributed by atoms with van der Waals surface area (Å²) in [6, 6.07) is 15.5. The number of ether oxygens (including phenoxy) is 1. The van der Waals surface area contributed by atoms with Crippen molar-refractivity contribution in [1.29, 1.82) is 0 Å². The normalized spacial score (nSPS) is 10.8. The van der Waals surface area contributed by atoms with Crippen LogP contribution in [-0.2, 0) is 17.7 Å². The number of esters is 1. The molecule has 0 radical (unpaired) electrons. The Morgan fingerprint density at radius 2 is 1.91 bits per heavy atom. The van der Waals surface area contributed by atoms with Gasteiger partial charge in [0.05, 0.1) is 18.2 Å². The van der Waals surface area contributed by atoms with Crippen LogP contribution in [0.15, 0.2) is 54.7 Å². The van der Waals surface area contributed by atoms with Crippen molar-refractivity contribution in [1.82, 2.24) is 4.57 Å². The molecule has 1 heterocycles. The lowest BCUT2D eigenvalue weighted by Gasteiger charge is -2.09. The van der Waals surface area contributed by atoms with Crippen molar-refractivity contribution >= 4 is 28.5 Å². The van der Waals surface area contributed by atoms with Gasteiger partial charge in [0.2, 0.25) is 0 Å². The van der Waals surface area contributed by atoms with Gasteiger partial charge in [0.25, 0.3) is 0 Å². The molecular formula is C18H16ClNO2. The first-order valence-corrected chi connectivity index (χ1v) is 7.47. The van der Waals surface area contributed by atoms with E-state index in [4.69, 9.17) is 16.3 Å². The molecule has 3 aromatic rings. The van der Waals surface area contributed by atoms with Gasteiger partial charge in [0.15, 0.2) is 0 Å². The number of aryl methyl sites for hydroxylation is 2. The van der Waals surface area contributed by atoms with Gasteiger partial charge >= 0.3 is 5.97 Å². The van der Waals surface area contributed by atoms with E-state index in [-0.39, 0.29) is 5.97 Å². The second kappa shape index (κ2) is 6.24. The van der Waals surface area contributed by atoms with Crippen LogP contribution in [0.2, 0.25) is 5.02 Å². The summed E-state index contributed by atoms with van der Waals surface area (Å²) in [6.07, 6.45) is 2.88. The van der Waals surface area contributed by atoms with Crippen molar-refractivity contribution in [3.05, 3.63) is 70.9 Å². The van der Waals surface area contributed by atoms with Gasteiger partial charge in [-0.05, 0) is 36.2 Å². The Morgan fingerprint density at radius 1 is 1.14 bits per heavy atom. The van der Waals surface area contributed by atoms with Crippen molar-refractivity contribution < 1.29 is 9.53 Å². The molecule has 4 heteroatoms. The molecule has 0 aliphatic rings. The van der Waals surface area contributed by atoms with E-state index in [2.05, 4.69) is 4.57 Å². The van der Waals surface area contributed by atoms with Gasteiger partial charge in [-0.1, -0.05) is 35.9 Å². The highest BCUT2D eigenvalue weighted by Gasteiger charge is 2.13. The van der Waals surface area contributed by atoms with E-state index < -0.39 is 0 Å². The van der Waals surface area contributed by atoms with E-state index in [9.17, 15) is 4.79 Å². The number of hydrogen-bond donors (Lipinski definition) is 0. The Morgan fingerprint density at radius 3 is 2.64 bits per heavy atom. The predicted molar refractivity (Wildman–Crippen MR) is 88.4 cm³/mol. The summed E-state index contributed by atoms with van der Waals surface area (Å²) in [5.74, 6) is -0.308. The van der Waals surface area contributed by atoms with Gasteiger partial charge in [-0.25, -0.2) is 4.79 Å². The van der Waals surface area contributed by atoms with Crippen LogP contribution >= 0.6 is 11.6 Å². The van der Waals surface area contributed by atoms with Crippen LogP contribution in [0, 0.1) is 0 Å². The monoisotopic (exact) mass is 313 g/mol. The number of benzene rings is 2. The number of carbonyl (C=O) groups excluding carboxylic acids is 1. The van der Waals surface area contributed by atoms with Gasteiger partial charge in [-0.3, -0.25) is 0 Å². The minimum absolute atomic E-state index is 0.308. The number of hydrogen-bond acceptors (Lipinski definition) is 2. The van der Waals surface area contributed by atoms with Crippen molar-refractivity contribution in [3.63, 3.8) is 0 Å². The molecule has 0 spiro atoms. The van der Waals surface area contributed by atoms with Gasteiger partial charge in [-0.2, -0.15) is 0 Å². The quantitative estimate of drug-likeness (QED) is 0.672. The predicted octanol–water partition coefficient (Wildman–Crippen LogP) is 4.32. The van der Waals surface area contributed by atoms with Crippen molar-refractivity contribution in [2.45, 2.75) is 13.0 Å². The average molecular weight is 314 g/mol. The van der Waals surface area contributed by atoms with Crippen LogP contribution in [-0.4, -0.2) is 17.6 Å². The molecular weight excluding hydrogens is 298 g/mol. The zero-order valence-corrected chi connectivity index (χ0v) is 13.0. The standard InChI is InChI=1S/C18H16ClNO2/c1-22-18(21)16-4-2-3-14-10-12-20(17(14)16)11-9-13-5-7-15(19)8-6-13/h2-8,10,12H,9,11H2,1H3. The van der Waals surface area contributed by atoms with Gasteiger partial charge in [0, 0.05) is 23.2 Å². The third kappa shape index (κ3) is 2.85. The van der Waals surface area contributed by atoms with E-state index >= 15 is 0 Å². The molecule has 0 N–H and O–H groups in total. The topological polar surface area (TPSA) is 31.2 Å². The molecule has 0 bridgehead atoms. The maximum Gasteiger partial charge on any atom is 0.340 e. The third-order valence-electron chi connectivity index (χ3n) is 3.75. The number of carbonyl (C=O) groups is 1. The SMILES string of the molecule is COC(=O)c1cccc2ccn(CCc3ccc(Cl)cc3)c12. The lowest BCUT2D eigenvalue weighted by molar-refractivity contribution is 0.0602. The Bertz CT molecular complexity index is 806. The molecule has 1 aromatic heterocycles. The molecule has 0 fully saturated rings. The molecule has 0 atom stereocenters. The molecule has 0 unspecified atom stereocenters. The first-order valence-electron chi connectivity index (χ1n) is 7.09. The minimum atomic E-state index is -0.308. The van der Waals surface area contributed by atoms with E-state index in [1.54, 1.807) is 6.07 Å². The molecule has 0 saturated heterocycles. The highest BCUT2D eigenvalue weighted by molar-refractivity contribution is 6.30. The largest absolute Gasteiger partial charge is 0.465 e. The van der Waals surface area contributed by atoms with Crippen molar-refractivity contribution in [2.24, 2.45) is 0 Å². The van der Waals surface area contributed by atoms with E-state index in [1.807, 2.05) is 48.7 Å². The molecule has 112 valence electrons. The molecule has 0 aliphatic carbocycles. The Kier molecular flexibility index (Phi) is 4.16. The lowest BCUT2D eigenvalue weighted by atomic mass is 10.1. The maximum atomic E-state index is 11.9. The number of para-hydroxylation sites is 1. The zero-order chi connectivity index (χ0) is 15.5. The van der Waals surface area contributed by atoms with Gasteiger partial charge < -0.3 is 9.30 Å². The second-order valence-corrected chi connectivity index (χ2v) is 5.56. The molecule has 0 aliphatic heterocycles. The summed E-state index contributed by atoms with van der Waals surface area (Å²) in [7, 11) is 1.40. The molecule has 0 saturated carbocycles. The molecule has 3 rings (SSSR count).